The highest BCUT2D eigenvalue weighted by Crippen LogP contribution is 2.20. The Hall–Kier alpha value is -4.09. The zero-order valence-electron chi connectivity index (χ0n) is 22.8. The number of hydrogen-bond acceptors (Lipinski definition) is 8. The van der Waals surface area contributed by atoms with E-state index >= 15 is 0 Å². The molecule has 0 bridgehead atoms. The van der Waals surface area contributed by atoms with Gasteiger partial charge >= 0.3 is 11.8 Å². The van der Waals surface area contributed by atoms with E-state index in [1.54, 1.807) is 0 Å². The molecule has 3 N–H and O–H groups in total. The van der Waals surface area contributed by atoms with Gasteiger partial charge in [-0.25, -0.2) is 9.37 Å². The van der Waals surface area contributed by atoms with E-state index in [0.29, 0.717) is 5.56 Å². The average molecular weight is 450 g/mol. The first-order valence-corrected chi connectivity index (χ1v) is 8.98. The molecule has 3 aromatic rings. The molecule has 0 atom stereocenters. The van der Waals surface area contributed by atoms with Crippen LogP contribution in [-0.4, -0.2) is 36.7 Å². The molecule has 2 amide bonds. The lowest BCUT2D eigenvalue weighted by molar-refractivity contribution is 0.0869. The SMILES string of the molecule is [2H]C([2H])([2H])c1nnc(C(=O)NC(C)(C)c2nc(C(=O)NCc3ccc(F)cc3)c(O)c(=O)n2C([2H])([2H])[2H])o1. The van der Waals surface area contributed by atoms with Gasteiger partial charge in [0.25, 0.3) is 11.5 Å². The number of rotatable bonds is 6. The lowest BCUT2D eigenvalue weighted by Crippen LogP contribution is -2.46. The monoisotopic (exact) mass is 450 g/mol. The maximum atomic E-state index is 13.1. The van der Waals surface area contributed by atoms with Gasteiger partial charge in [-0.1, -0.05) is 12.1 Å². The lowest BCUT2D eigenvalue weighted by atomic mass is 10.0. The van der Waals surface area contributed by atoms with Crippen molar-refractivity contribution < 1.29 is 31.7 Å². The van der Waals surface area contributed by atoms with Crippen LogP contribution in [0, 0.1) is 12.7 Å². The summed E-state index contributed by atoms with van der Waals surface area (Å²) < 4.78 is 63.1. The molecule has 0 aliphatic heterocycles. The van der Waals surface area contributed by atoms with E-state index in [-0.39, 0.29) is 11.1 Å². The van der Waals surface area contributed by atoms with E-state index in [9.17, 15) is 23.9 Å². The smallest absolute Gasteiger partial charge is 0.309 e. The summed E-state index contributed by atoms with van der Waals surface area (Å²) in [5.74, 6) is -6.22. The molecule has 0 fully saturated rings. The molecule has 0 spiro atoms. The van der Waals surface area contributed by atoms with Crippen LogP contribution in [0.1, 0.15) is 60.5 Å². The minimum atomic E-state index is -3.21. The van der Waals surface area contributed by atoms with Crippen molar-refractivity contribution in [2.45, 2.75) is 32.8 Å². The second-order valence-corrected chi connectivity index (χ2v) is 7.07. The van der Waals surface area contributed by atoms with Crippen LogP contribution in [0.4, 0.5) is 4.39 Å². The third kappa shape index (κ3) is 4.63. The molecule has 32 heavy (non-hydrogen) atoms. The van der Waals surface area contributed by atoms with Crippen LogP contribution in [0.5, 0.6) is 5.75 Å². The van der Waals surface area contributed by atoms with E-state index in [4.69, 9.17) is 12.6 Å². The van der Waals surface area contributed by atoms with Gasteiger partial charge in [-0.3, -0.25) is 19.0 Å². The molecule has 168 valence electrons. The highest BCUT2D eigenvalue weighted by atomic mass is 19.1. The minimum Gasteiger partial charge on any atom is -0.501 e. The number of aromatic hydroxyl groups is 1. The van der Waals surface area contributed by atoms with Gasteiger partial charge in [0.05, 0.1) is 5.54 Å². The Balaban J connectivity index is 2.00. The third-order valence-corrected chi connectivity index (χ3v) is 4.25. The van der Waals surface area contributed by atoms with Crippen molar-refractivity contribution in [3.8, 4) is 5.75 Å². The number of hydrogen-bond donors (Lipinski definition) is 3. The number of aromatic nitrogens is 4. The van der Waals surface area contributed by atoms with Crippen molar-refractivity contribution in [1.82, 2.24) is 30.4 Å². The number of nitrogens with one attached hydrogen (secondary N) is 2. The number of benzene rings is 1. The van der Waals surface area contributed by atoms with Crippen LogP contribution >= 0.6 is 0 Å². The molecule has 11 nitrogen and oxygen atoms in total. The van der Waals surface area contributed by atoms with Gasteiger partial charge in [-0.05, 0) is 31.5 Å². The Morgan fingerprint density at radius 2 is 1.97 bits per heavy atom. The first-order chi connectivity index (χ1) is 17.4. The zero-order valence-corrected chi connectivity index (χ0v) is 16.8. The molecule has 0 saturated heterocycles. The number of nitrogens with zero attached hydrogens (tertiary/aromatic N) is 4. The molecule has 2 aromatic heterocycles. The molecule has 0 aliphatic rings. The Kier molecular flexibility index (Phi) is 4.20. The fraction of sp³-hybridized carbons (Fsp3) is 0.300. The van der Waals surface area contributed by atoms with Crippen molar-refractivity contribution in [3.63, 3.8) is 0 Å². The van der Waals surface area contributed by atoms with Gasteiger partial charge in [0.2, 0.25) is 11.6 Å². The quantitative estimate of drug-likeness (QED) is 0.501. The van der Waals surface area contributed by atoms with Crippen molar-refractivity contribution >= 4 is 11.8 Å². The largest absolute Gasteiger partial charge is 0.501 e. The molecule has 2 heterocycles. The second kappa shape index (κ2) is 8.57. The van der Waals surface area contributed by atoms with E-state index in [1.165, 1.54) is 26.0 Å². The van der Waals surface area contributed by atoms with Gasteiger partial charge in [-0.15, -0.1) is 10.2 Å². The Bertz CT molecular complexity index is 1430. The first kappa shape index (κ1) is 15.7. The van der Waals surface area contributed by atoms with Crippen LogP contribution < -0.4 is 16.2 Å². The van der Waals surface area contributed by atoms with Crippen LogP contribution in [-0.2, 0) is 19.1 Å². The maximum Gasteiger partial charge on any atom is 0.309 e. The van der Waals surface area contributed by atoms with Gasteiger partial charge in [-0.2, -0.15) is 0 Å². The summed E-state index contributed by atoms with van der Waals surface area (Å²) in [6.45, 7) is -3.69. The molecule has 1 aromatic carbocycles. The number of carbonyl (C=O) groups excluding carboxylic acids is 2. The Morgan fingerprint density at radius 1 is 1.25 bits per heavy atom. The fourth-order valence-electron chi connectivity index (χ4n) is 2.67. The first-order valence-electron chi connectivity index (χ1n) is 12.0. The van der Waals surface area contributed by atoms with E-state index in [1.807, 2.05) is 0 Å². The summed E-state index contributed by atoms with van der Waals surface area (Å²) in [7, 11) is 0. The van der Waals surface area contributed by atoms with Crippen molar-refractivity contribution in [2.75, 3.05) is 0 Å². The molecule has 0 aliphatic carbocycles. The predicted octanol–water partition coefficient (Wildman–Crippen LogP) is 0.912. The zero-order chi connectivity index (χ0) is 28.6. The van der Waals surface area contributed by atoms with Gasteiger partial charge < -0.3 is 20.2 Å². The normalized spacial score (nSPS) is 14.8. The molecule has 0 saturated carbocycles. The standard InChI is InChI=1S/C20H21FN6O5/c1-10-25-26-17(32-10)16(30)24-20(2,3)19-23-13(14(28)18(31)27(19)4)15(29)22-9-11-5-7-12(21)8-6-11/h5-8,28H,9H2,1-4H3,(H,22,29)(H,24,30)/i1D3,4D3. The second-order valence-electron chi connectivity index (χ2n) is 7.07. The van der Waals surface area contributed by atoms with Gasteiger partial charge in [0.1, 0.15) is 11.6 Å². The summed E-state index contributed by atoms with van der Waals surface area (Å²) in [6.07, 6.45) is 0. The van der Waals surface area contributed by atoms with Crippen molar-refractivity contribution in [1.29, 1.82) is 0 Å². The Labute approximate surface area is 189 Å². The summed E-state index contributed by atoms with van der Waals surface area (Å²) in [6, 6.07) is 5.08. The van der Waals surface area contributed by atoms with Gasteiger partial charge in [0, 0.05) is 28.6 Å². The minimum absolute atomic E-state index is 0.126. The van der Waals surface area contributed by atoms with Crippen LogP contribution in [0.15, 0.2) is 33.5 Å². The molecular weight excluding hydrogens is 423 g/mol. The molecule has 0 radical (unpaired) electrons. The summed E-state index contributed by atoms with van der Waals surface area (Å²) in [5, 5.41) is 21.6. The molecule has 3 rings (SSSR count). The number of amides is 2. The molecular formula is C20H21FN6O5. The summed E-state index contributed by atoms with van der Waals surface area (Å²) in [4.78, 5) is 42.2. The highest BCUT2D eigenvalue weighted by Gasteiger charge is 2.32. The fourth-order valence-corrected chi connectivity index (χ4v) is 2.67. The van der Waals surface area contributed by atoms with Crippen LogP contribution in [0.25, 0.3) is 0 Å². The van der Waals surface area contributed by atoms with Crippen molar-refractivity contribution in [3.05, 3.63) is 69.3 Å². The summed E-state index contributed by atoms with van der Waals surface area (Å²) >= 11 is 0. The third-order valence-electron chi connectivity index (χ3n) is 4.25. The van der Waals surface area contributed by atoms with Crippen LogP contribution in [0.3, 0.4) is 0 Å². The Morgan fingerprint density at radius 3 is 2.59 bits per heavy atom. The topological polar surface area (TPSA) is 152 Å². The summed E-state index contributed by atoms with van der Waals surface area (Å²) in [5.41, 5.74) is -3.69. The molecule has 12 heteroatoms. The van der Waals surface area contributed by atoms with E-state index in [0.717, 1.165) is 12.1 Å². The molecule has 0 unspecified atom stereocenters. The highest BCUT2D eigenvalue weighted by molar-refractivity contribution is 5.94. The van der Waals surface area contributed by atoms with E-state index in [2.05, 4.69) is 25.8 Å². The number of carbonyl (C=O) groups is 2. The van der Waals surface area contributed by atoms with E-state index < -0.39 is 71.6 Å². The van der Waals surface area contributed by atoms with Crippen molar-refractivity contribution in [2.24, 2.45) is 6.98 Å². The average Bonchev–Trinajstić information content (AvgIpc) is 3.30. The number of halogens is 1. The predicted molar refractivity (Wildman–Crippen MR) is 108 cm³/mol. The lowest BCUT2D eigenvalue weighted by Gasteiger charge is -2.27. The van der Waals surface area contributed by atoms with Crippen LogP contribution in [0.2, 0.25) is 0 Å². The maximum absolute atomic E-state index is 13.1. The number of aryl methyl sites for hydroxylation is 1. The van der Waals surface area contributed by atoms with Gasteiger partial charge in [0.15, 0.2) is 5.69 Å².